The van der Waals surface area contributed by atoms with Gasteiger partial charge in [-0.1, -0.05) is 162 Å². The summed E-state index contributed by atoms with van der Waals surface area (Å²) in [5, 5.41) is 2.93. The van der Waals surface area contributed by atoms with Crippen LogP contribution in [0.4, 0.5) is 4.79 Å². The number of alkyl carbamates (subject to hydrolysis) is 1. The van der Waals surface area contributed by atoms with Crippen molar-refractivity contribution in [3.63, 3.8) is 0 Å². The SMILES string of the molecule is CCCCCCCCCC(=O)OCCCCCCCN(CCCCCCCC(=O)OC(CCCCCCCC)CCCCCCCC)CCNC(=O)OC(C)(C)C. The van der Waals surface area contributed by atoms with E-state index in [1.807, 2.05) is 20.8 Å². The van der Waals surface area contributed by atoms with Gasteiger partial charge in [0.1, 0.15) is 11.7 Å². The van der Waals surface area contributed by atoms with E-state index in [-0.39, 0.29) is 24.1 Å². The number of nitrogens with zero attached hydrogens (tertiary/aromatic N) is 1. The fourth-order valence-electron chi connectivity index (χ4n) is 7.36. The smallest absolute Gasteiger partial charge is 0.407 e. The van der Waals surface area contributed by atoms with Gasteiger partial charge in [0.15, 0.2) is 0 Å². The Morgan fingerprint density at radius 2 is 0.895 bits per heavy atom. The molecule has 0 aliphatic carbocycles. The van der Waals surface area contributed by atoms with Gasteiger partial charge in [-0.15, -0.1) is 0 Å². The molecule has 57 heavy (non-hydrogen) atoms. The van der Waals surface area contributed by atoms with Crippen LogP contribution in [0.3, 0.4) is 0 Å². The van der Waals surface area contributed by atoms with E-state index in [9.17, 15) is 14.4 Å². The molecule has 0 aromatic heterocycles. The van der Waals surface area contributed by atoms with Crippen LogP contribution in [0.15, 0.2) is 0 Å². The van der Waals surface area contributed by atoms with Crippen LogP contribution in [0.1, 0.15) is 253 Å². The van der Waals surface area contributed by atoms with Crippen LogP contribution < -0.4 is 5.32 Å². The summed E-state index contributed by atoms with van der Waals surface area (Å²) in [4.78, 5) is 39.5. The van der Waals surface area contributed by atoms with E-state index in [0.717, 1.165) is 110 Å². The average Bonchev–Trinajstić information content (AvgIpc) is 3.16. The molecule has 1 amide bonds. The number of amides is 1. The van der Waals surface area contributed by atoms with Crippen molar-refractivity contribution in [2.75, 3.05) is 32.8 Å². The first-order valence-corrected chi connectivity index (χ1v) is 24.7. The largest absolute Gasteiger partial charge is 0.466 e. The molecule has 8 nitrogen and oxygen atoms in total. The molecule has 338 valence electrons. The Bertz CT molecular complexity index is 891. The van der Waals surface area contributed by atoms with Gasteiger partial charge in [-0.2, -0.15) is 0 Å². The fourth-order valence-corrected chi connectivity index (χ4v) is 7.36. The van der Waals surface area contributed by atoms with Crippen LogP contribution in [0, 0.1) is 0 Å². The van der Waals surface area contributed by atoms with Gasteiger partial charge >= 0.3 is 18.0 Å². The highest BCUT2D eigenvalue weighted by Gasteiger charge is 2.17. The van der Waals surface area contributed by atoms with Gasteiger partial charge in [-0.3, -0.25) is 9.59 Å². The second-order valence-electron chi connectivity index (χ2n) is 17.9. The lowest BCUT2D eigenvalue weighted by atomic mass is 10.0. The zero-order valence-electron chi connectivity index (χ0n) is 38.8. The summed E-state index contributed by atoms with van der Waals surface area (Å²) < 4.78 is 16.9. The van der Waals surface area contributed by atoms with E-state index < -0.39 is 5.60 Å². The van der Waals surface area contributed by atoms with E-state index in [4.69, 9.17) is 14.2 Å². The van der Waals surface area contributed by atoms with Crippen LogP contribution in [0.2, 0.25) is 0 Å². The van der Waals surface area contributed by atoms with Crippen molar-refractivity contribution in [3.8, 4) is 0 Å². The minimum atomic E-state index is -0.505. The maximum Gasteiger partial charge on any atom is 0.407 e. The van der Waals surface area contributed by atoms with Gasteiger partial charge < -0.3 is 24.4 Å². The van der Waals surface area contributed by atoms with E-state index >= 15 is 0 Å². The van der Waals surface area contributed by atoms with Crippen LogP contribution in [0.25, 0.3) is 0 Å². The summed E-state index contributed by atoms with van der Waals surface area (Å²) in [6.45, 7) is 16.3. The monoisotopic (exact) mass is 809 g/mol. The molecule has 0 spiro atoms. The fraction of sp³-hybridized carbons (Fsp3) is 0.939. The van der Waals surface area contributed by atoms with Crippen LogP contribution in [0.5, 0.6) is 0 Å². The van der Waals surface area contributed by atoms with Crippen LogP contribution in [-0.2, 0) is 23.8 Å². The number of unbranched alkanes of at least 4 members (excludes halogenated alkanes) is 24. The molecule has 0 aliphatic heterocycles. The zero-order chi connectivity index (χ0) is 42.1. The summed E-state index contributed by atoms with van der Waals surface area (Å²) in [7, 11) is 0. The number of carbonyl (C=O) groups is 3. The predicted octanol–water partition coefficient (Wildman–Crippen LogP) is 14.2. The number of carbonyl (C=O) groups excluding carboxylic acids is 3. The Balaban J connectivity index is 4.42. The Kier molecular flexibility index (Phi) is 39.6. The maximum absolute atomic E-state index is 12.8. The highest BCUT2D eigenvalue weighted by Crippen LogP contribution is 2.19. The van der Waals surface area contributed by atoms with Crippen molar-refractivity contribution >= 4 is 18.0 Å². The molecular formula is C49H96N2O6. The molecule has 0 saturated heterocycles. The Hall–Kier alpha value is -1.83. The molecule has 8 heteroatoms. The van der Waals surface area contributed by atoms with Crippen LogP contribution >= 0.6 is 0 Å². The van der Waals surface area contributed by atoms with Gasteiger partial charge in [0.05, 0.1) is 6.61 Å². The summed E-state index contributed by atoms with van der Waals surface area (Å²) in [6.07, 6.45) is 37.4. The summed E-state index contributed by atoms with van der Waals surface area (Å²) in [5.41, 5.74) is -0.505. The zero-order valence-corrected chi connectivity index (χ0v) is 38.8. The van der Waals surface area contributed by atoms with E-state index in [2.05, 4.69) is 31.0 Å². The second kappa shape index (κ2) is 40.9. The van der Waals surface area contributed by atoms with Crippen molar-refractivity contribution in [2.45, 2.75) is 265 Å². The van der Waals surface area contributed by atoms with Crippen molar-refractivity contribution in [2.24, 2.45) is 0 Å². The number of hydrogen-bond acceptors (Lipinski definition) is 7. The molecule has 1 N–H and O–H groups in total. The van der Waals surface area contributed by atoms with Gasteiger partial charge in [0.2, 0.25) is 0 Å². The molecule has 0 aromatic rings. The van der Waals surface area contributed by atoms with Crippen LogP contribution in [-0.4, -0.2) is 67.4 Å². The van der Waals surface area contributed by atoms with Crippen molar-refractivity contribution in [1.29, 1.82) is 0 Å². The molecule has 0 heterocycles. The standard InChI is InChI=1S/C49H96N2O6/c1-7-10-13-16-19-24-31-38-46(52)55-44-35-28-21-27-34-42-51(43-40-50-48(54)57-49(4,5)6)41-33-26-20-25-32-39-47(53)56-45(36-29-22-17-14-11-8-2)37-30-23-18-15-12-9-3/h45H,7-44H2,1-6H3,(H,50,54). The second-order valence-corrected chi connectivity index (χ2v) is 17.9. The third-order valence-corrected chi connectivity index (χ3v) is 10.9. The number of ether oxygens (including phenoxy) is 3. The van der Waals surface area contributed by atoms with E-state index in [1.54, 1.807) is 0 Å². The Labute approximate surface area is 353 Å². The molecular weight excluding hydrogens is 713 g/mol. The Morgan fingerprint density at radius 1 is 0.491 bits per heavy atom. The molecule has 0 radical (unpaired) electrons. The van der Waals surface area contributed by atoms with Crippen molar-refractivity contribution in [1.82, 2.24) is 10.2 Å². The number of esters is 2. The Morgan fingerprint density at radius 3 is 1.37 bits per heavy atom. The molecule has 0 aromatic carbocycles. The quantitative estimate of drug-likeness (QED) is 0.0373. The third-order valence-electron chi connectivity index (χ3n) is 10.9. The first-order chi connectivity index (χ1) is 27.6. The molecule has 0 atom stereocenters. The van der Waals surface area contributed by atoms with E-state index in [1.165, 1.54) is 109 Å². The molecule has 0 unspecified atom stereocenters. The number of hydrogen-bond donors (Lipinski definition) is 1. The topological polar surface area (TPSA) is 94.2 Å². The van der Waals surface area contributed by atoms with E-state index in [0.29, 0.717) is 26.0 Å². The highest BCUT2D eigenvalue weighted by atomic mass is 16.6. The highest BCUT2D eigenvalue weighted by molar-refractivity contribution is 5.69. The van der Waals surface area contributed by atoms with Gasteiger partial charge in [-0.25, -0.2) is 4.79 Å². The molecule has 0 bridgehead atoms. The lowest BCUT2D eigenvalue weighted by molar-refractivity contribution is -0.150. The third kappa shape index (κ3) is 42.1. The first kappa shape index (κ1) is 55.2. The molecule has 0 aliphatic rings. The summed E-state index contributed by atoms with van der Waals surface area (Å²) in [6, 6.07) is 0. The van der Waals surface area contributed by atoms with Gasteiger partial charge in [0, 0.05) is 25.9 Å². The maximum atomic E-state index is 12.8. The number of rotatable bonds is 42. The minimum absolute atomic E-state index is 0.000413. The lowest BCUT2D eigenvalue weighted by Crippen LogP contribution is -2.38. The molecule has 0 fully saturated rings. The summed E-state index contributed by atoms with van der Waals surface area (Å²) in [5.74, 6) is -0.0385. The molecule has 0 saturated carbocycles. The minimum Gasteiger partial charge on any atom is -0.466 e. The van der Waals surface area contributed by atoms with Crippen molar-refractivity contribution in [3.05, 3.63) is 0 Å². The number of nitrogens with one attached hydrogen (secondary N) is 1. The predicted molar refractivity (Wildman–Crippen MR) is 241 cm³/mol. The normalized spacial score (nSPS) is 11.7. The van der Waals surface area contributed by atoms with Gasteiger partial charge in [0.25, 0.3) is 0 Å². The van der Waals surface area contributed by atoms with Gasteiger partial charge in [-0.05, 0) is 91.6 Å². The first-order valence-electron chi connectivity index (χ1n) is 24.7. The van der Waals surface area contributed by atoms with Crippen molar-refractivity contribution < 1.29 is 28.6 Å². The molecule has 0 rings (SSSR count). The average molecular weight is 809 g/mol. The summed E-state index contributed by atoms with van der Waals surface area (Å²) >= 11 is 0. The lowest BCUT2D eigenvalue weighted by Gasteiger charge is -2.24.